The Morgan fingerprint density at radius 3 is 2.74 bits per heavy atom. The minimum atomic E-state index is -3.50. The summed E-state index contributed by atoms with van der Waals surface area (Å²) < 4.78 is 28.6. The molecule has 0 aliphatic heterocycles. The molecule has 0 radical (unpaired) electrons. The number of nitrogens with one attached hydrogen (secondary N) is 1. The van der Waals surface area contributed by atoms with E-state index in [1.165, 1.54) is 12.3 Å². The minimum absolute atomic E-state index is 0.0955. The first-order valence-electron chi connectivity index (χ1n) is 6.27. The van der Waals surface area contributed by atoms with E-state index in [2.05, 4.69) is 11.6 Å². The van der Waals surface area contributed by atoms with Crippen molar-refractivity contribution in [2.24, 2.45) is 7.05 Å². The molecule has 0 saturated carbocycles. The third-order valence-corrected chi connectivity index (χ3v) is 5.30. The van der Waals surface area contributed by atoms with E-state index >= 15 is 0 Å². The zero-order valence-corrected chi connectivity index (χ0v) is 13.2. The Hall–Kier alpha value is -0.500. The molecule has 0 aliphatic rings. The summed E-state index contributed by atoms with van der Waals surface area (Å²) >= 11 is 1.80. The number of sulfonamides is 1. The second-order valence-electron chi connectivity index (χ2n) is 4.44. The van der Waals surface area contributed by atoms with Crippen molar-refractivity contribution in [1.82, 2.24) is 9.29 Å². The highest BCUT2D eigenvalue weighted by molar-refractivity contribution is 7.99. The number of nitrogens with zero attached hydrogens (tertiary/aromatic N) is 1. The SMILES string of the molecule is CCSCCC(C)NS(=O)(=O)c1cc(CO)n(C)c1. The number of aromatic nitrogens is 1. The van der Waals surface area contributed by atoms with Crippen molar-refractivity contribution in [3.8, 4) is 0 Å². The van der Waals surface area contributed by atoms with Crippen LogP contribution in [0.25, 0.3) is 0 Å². The molecule has 0 amide bonds. The zero-order valence-electron chi connectivity index (χ0n) is 11.6. The molecule has 1 aromatic rings. The molecule has 1 aromatic heterocycles. The molecule has 0 fully saturated rings. The summed E-state index contributed by atoms with van der Waals surface area (Å²) in [7, 11) is -1.79. The number of aliphatic hydroxyl groups excluding tert-OH is 1. The lowest BCUT2D eigenvalue weighted by Gasteiger charge is -2.12. The molecule has 2 N–H and O–H groups in total. The number of aliphatic hydroxyl groups is 1. The summed E-state index contributed by atoms with van der Waals surface area (Å²) in [6, 6.07) is 1.40. The Balaban J connectivity index is 2.69. The van der Waals surface area contributed by atoms with E-state index in [4.69, 9.17) is 5.11 Å². The van der Waals surface area contributed by atoms with Crippen LogP contribution in [0.3, 0.4) is 0 Å². The van der Waals surface area contributed by atoms with Crippen molar-refractivity contribution < 1.29 is 13.5 Å². The fourth-order valence-electron chi connectivity index (χ4n) is 1.68. The van der Waals surface area contributed by atoms with Gasteiger partial charge in [-0.1, -0.05) is 6.92 Å². The van der Waals surface area contributed by atoms with Crippen LogP contribution in [0.4, 0.5) is 0 Å². The Labute approximate surface area is 119 Å². The lowest BCUT2D eigenvalue weighted by molar-refractivity contribution is 0.272. The van der Waals surface area contributed by atoms with Crippen LogP contribution < -0.4 is 4.72 Å². The predicted molar refractivity (Wildman–Crippen MR) is 78.7 cm³/mol. The maximum atomic E-state index is 12.1. The van der Waals surface area contributed by atoms with Crippen LogP contribution in [0.2, 0.25) is 0 Å². The van der Waals surface area contributed by atoms with Crippen LogP contribution in [0.15, 0.2) is 17.2 Å². The highest BCUT2D eigenvalue weighted by Crippen LogP contribution is 2.14. The van der Waals surface area contributed by atoms with Gasteiger partial charge in [-0.25, -0.2) is 13.1 Å². The molecule has 1 unspecified atom stereocenters. The largest absolute Gasteiger partial charge is 0.390 e. The van der Waals surface area contributed by atoms with Crippen molar-refractivity contribution in [3.05, 3.63) is 18.0 Å². The molecule has 0 bridgehead atoms. The summed E-state index contributed by atoms with van der Waals surface area (Å²) in [6.07, 6.45) is 2.32. The van der Waals surface area contributed by atoms with Gasteiger partial charge in [-0.15, -0.1) is 0 Å². The molecule has 5 nitrogen and oxygen atoms in total. The van der Waals surface area contributed by atoms with Gasteiger partial charge >= 0.3 is 0 Å². The molecule has 1 rings (SSSR count). The van der Waals surface area contributed by atoms with Crippen LogP contribution in [0, 0.1) is 0 Å². The van der Waals surface area contributed by atoms with Gasteiger partial charge in [0.25, 0.3) is 0 Å². The average Bonchev–Trinajstić information content (AvgIpc) is 2.71. The lowest BCUT2D eigenvalue weighted by Crippen LogP contribution is -2.32. The van der Waals surface area contributed by atoms with E-state index in [1.807, 2.05) is 6.92 Å². The number of thioether (sulfide) groups is 1. The van der Waals surface area contributed by atoms with Crippen LogP contribution >= 0.6 is 11.8 Å². The smallest absolute Gasteiger partial charge is 0.242 e. The molecule has 19 heavy (non-hydrogen) atoms. The van der Waals surface area contributed by atoms with Gasteiger partial charge in [0.15, 0.2) is 0 Å². The van der Waals surface area contributed by atoms with Gasteiger partial charge in [0.2, 0.25) is 10.0 Å². The van der Waals surface area contributed by atoms with Crippen LogP contribution in [0.1, 0.15) is 26.0 Å². The topological polar surface area (TPSA) is 71.3 Å². The summed E-state index contributed by atoms with van der Waals surface area (Å²) in [6.45, 7) is 3.78. The van der Waals surface area contributed by atoms with E-state index in [-0.39, 0.29) is 17.5 Å². The van der Waals surface area contributed by atoms with Gasteiger partial charge in [-0.05, 0) is 30.9 Å². The number of aryl methyl sites for hydroxylation is 1. The summed E-state index contributed by atoms with van der Waals surface area (Å²) in [5.74, 6) is 1.98. The molecule has 0 aliphatic carbocycles. The van der Waals surface area contributed by atoms with Crippen molar-refractivity contribution in [3.63, 3.8) is 0 Å². The predicted octanol–water partition coefficient (Wildman–Crippen LogP) is 1.33. The third kappa shape index (κ3) is 4.83. The molecule has 1 heterocycles. The summed E-state index contributed by atoms with van der Waals surface area (Å²) in [5.41, 5.74) is 0.578. The molecule has 0 saturated heterocycles. The van der Waals surface area contributed by atoms with Crippen LogP contribution in [-0.4, -0.2) is 35.6 Å². The van der Waals surface area contributed by atoms with Crippen molar-refractivity contribution in [1.29, 1.82) is 0 Å². The van der Waals surface area contributed by atoms with E-state index in [9.17, 15) is 8.42 Å². The maximum absolute atomic E-state index is 12.1. The Morgan fingerprint density at radius 1 is 1.53 bits per heavy atom. The zero-order chi connectivity index (χ0) is 14.5. The van der Waals surface area contributed by atoms with E-state index in [0.717, 1.165) is 17.9 Å². The summed E-state index contributed by atoms with van der Waals surface area (Å²) in [5, 5.41) is 9.08. The lowest BCUT2D eigenvalue weighted by atomic mass is 10.3. The molecular formula is C12H22N2O3S2. The fraction of sp³-hybridized carbons (Fsp3) is 0.667. The van der Waals surface area contributed by atoms with Crippen LogP contribution in [-0.2, 0) is 23.7 Å². The summed E-state index contributed by atoms with van der Waals surface area (Å²) in [4.78, 5) is 0.203. The Morgan fingerprint density at radius 2 is 2.21 bits per heavy atom. The van der Waals surface area contributed by atoms with Crippen molar-refractivity contribution >= 4 is 21.8 Å². The van der Waals surface area contributed by atoms with Gasteiger partial charge in [-0.3, -0.25) is 0 Å². The highest BCUT2D eigenvalue weighted by Gasteiger charge is 2.19. The Kier molecular flexibility index (Phi) is 6.38. The molecule has 7 heteroatoms. The number of hydrogen-bond donors (Lipinski definition) is 2. The van der Waals surface area contributed by atoms with E-state index in [1.54, 1.807) is 23.4 Å². The maximum Gasteiger partial charge on any atom is 0.242 e. The average molecular weight is 306 g/mol. The molecule has 0 spiro atoms. The molecule has 0 aromatic carbocycles. The van der Waals surface area contributed by atoms with Gasteiger partial charge in [0, 0.05) is 25.0 Å². The molecule has 1 atom stereocenters. The first kappa shape index (κ1) is 16.6. The minimum Gasteiger partial charge on any atom is -0.390 e. The highest BCUT2D eigenvalue weighted by atomic mass is 32.2. The van der Waals surface area contributed by atoms with Crippen molar-refractivity contribution in [2.75, 3.05) is 11.5 Å². The monoisotopic (exact) mass is 306 g/mol. The molecular weight excluding hydrogens is 284 g/mol. The van der Waals surface area contributed by atoms with Gasteiger partial charge in [0.05, 0.1) is 11.5 Å². The normalized spacial score (nSPS) is 13.7. The van der Waals surface area contributed by atoms with Crippen molar-refractivity contribution in [2.45, 2.75) is 37.8 Å². The van der Waals surface area contributed by atoms with Gasteiger partial charge in [-0.2, -0.15) is 11.8 Å². The second-order valence-corrected chi connectivity index (χ2v) is 7.55. The van der Waals surface area contributed by atoms with Crippen LogP contribution in [0.5, 0.6) is 0 Å². The quantitative estimate of drug-likeness (QED) is 0.711. The first-order valence-corrected chi connectivity index (χ1v) is 8.90. The number of hydrogen-bond acceptors (Lipinski definition) is 4. The fourth-order valence-corrected chi connectivity index (χ4v) is 3.86. The third-order valence-electron chi connectivity index (χ3n) is 2.81. The number of rotatable bonds is 8. The second kappa shape index (κ2) is 7.33. The first-order chi connectivity index (χ1) is 8.90. The van der Waals surface area contributed by atoms with E-state index < -0.39 is 10.0 Å². The Bertz CT molecular complexity index is 497. The molecule has 110 valence electrons. The van der Waals surface area contributed by atoms with E-state index in [0.29, 0.717) is 5.69 Å². The van der Waals surface area contributed by atoms with Gasteiger partial charge in [0.1, 0.15) is 0 Å². The standard InChI is InChI=1S/C12H22N2O3S2/c1-4-18-6-5-10(2)13-19(16,17)12-7-11(9-15)14(3)8-12/h7-8,10,13,15H,4-6,9H2,1-3H3. The van der Waals surface area contributed by atoms with Gasteiger partial charge < -0.3 is 9.67 Å².